The molecule has 15 heavy (non-hydrogen) atoms. The lowest BCUT2D eigenvalue weighted by Crippen LogP contribution is -2.44. The summed E-state index contributed by atoms with van der Waals surface area (Å²) in [5.41, 5.74) is -1.69. The van der Waals surface area contributed by atoms with E-state index in [2.05, 4.69) is 0 Å². The first kappa shape index (κ1) is 12.0. The van der Waals surface area contributed by atoms with E-state index in [1.165, 1.54) is 0 Å². The zero-order valence-corrected chi connectivity index (χ0v) is 9.66. The lowest BCUT2D eigenvalue weighted by molar-refractivity contribution is -0.169. The average molecular weight is 214 g/mol. The molecule has 1 saturated heterocycles. The van der Waals surface area contributed by atoms with E-state index in [9.17, 15) is 9.59 Å². The normalized spacial score (nSPS) is 27.0. The second-order valence-corrected chi connectivity index (χ2v) is 5.08. The molecule has 0 spiro atoms. The number of carbonyl (C=O) groups excluding carboxylic acids is 2. The van der Waals surface area contributed by atoms with Crippen LogP contribution in [0, 0.1) is 5.41 Å². The van der Waals surface area contributed by atoms with Crippen molar-refractivity contribution in [2.75, 3.05) is 6.54 Å². The predicted molar refractivity (Wildman–Crippen MR) is 54.5 cm³/mol. The number of rotatable bonds is 1. The summed E-state index contributed by atoms with van der Waals surface area (Å²) in [6, 6.07) is 0. The molecule has 1 heterocycles. The van der Waals surface area contributed by atoms with E-state index in [-0.39, 0.29) is 5.91 Å². The molecule has 0 aliphatic carbocycles. The number of amides is 1. The summed E-state index contributed by atoms with van der Waals surface area (Å²) in [4.78, 5) is 23.5. The summed E-state index contributed by atoms with van der Waals surface area (Å²) < 4.78 is 5.20. The van der Waals surface area contributed by atoms with Crippen molar-refractivity contribution in [3.8, 4) is 0 Å². The summed E-state index contributed by atoms with van der Waals surface area (Å²) in [6.07, 6.45) is 0.414. The fourth-order valence-corrected chi connectivity index (χ4v) is 1.45. The molecule has 1 atom stereocenters. The van der Waals surface area contributed by atoms with Crippen LogP contribution in [0.2, 0.25) is 0 Å². The Kier molecular flexibility index (Phi) is 2.78. The van der Waals surface area contributed by atoms with Gasteiger partial charge in [-0.15, -0.1) is 0 Å². The molecule has 0 bridgehead atoms. The second kappa shape index (κ2) is 3.48. The van der Waals surface area contributed by atoms with Crippen LogP contribution in [0.25, 0.3) is 0 Å². The topological polar surface area (TPSA) is 72.6 Å². The molecule has 1 aliphatic heterocycles. The van der Waals surface area contributed by atoms with Crippen molar-refractivity contribution in [1.29, 1.82) is 0 Å². The molecular weight excluding hydrogens is 196 g/mol. The molecule has 0 radical (unpaired) electrons. The van der Waals surface area contributed by atoms with Gasteiger partial charge in [0, 0.05) is 6.54 Å². The highest BCUT2D eigenvalue weighted by molar-refractivity contribution is 6.03. The SMILES string of the molecule is CC(C)(C)OC(=O)C1(C)CCN(N)C1=O. The Bertz CT molecular complexity index is 296. The van der Waals surface area contributed by atoms with Gasteiger partial charge in [0.25, 0.3) is 5.91 Å². The van der Waals surface area contributed by atoms with Crippen molar-refractivity contribution >= 4 is 11.9 Å². The van der Waals surface area contributed by atoms with Crippen LogP contribution < -0.4 is 5.84 Å². The Labute approximate surface area is 89.5 Å². The molecule has 0 aromatic carbocycles. The summed E-state index contributed by atoms with van der Waals surface area (Å²) in [7, 11) is 0. The fourth-order valence-electron chi connectivity index (χ4n) is 1.45. The van der Waals surface area contributed by atoms with Crippen LogP contribution in [0.5, 0.6) is 0 Å². The van der Waals surface area contributed by atoms with E-state index < -0.39 is 17.0 Å². The molecule has 0 aromatic heterocycles. The van der Waals surface area contributed by atoms with Crippen molar-refractivity contribution in [2.24, 2.45) is 11.3 Å². The first-order valence-electron chi connectivity index (χ1n) is 4.97. The Morgan fingerprint density at radius 3 is 2.40 bits per heavy atom. The van der Waals surface area contributed by atoms with Crippen LogP contribution in [0.3, 0.4) is 0 Å². The van der Waals surface area contributed by atoms with Crippen LogP contribution in [0.1, 0.15) is 34.1 Å². The molecule has 1 rings (SSSR count). The minimum absolute atomic E-state index is 0.364. The standard InChI is InChI=1S/C10H18N2O3/c1-9(2,3)15-8(14)10(4)5-6-12(11)7(10)13/h5-6,11H2,1-4H3. The maximum absolute atomic E-state index is 11.8. The summed E-state index contributed by atoms with van der Waals surface area (Å²) >= 11 is 0. The minimum atomic E-state index is -1.11. The van der Waals surface area contributed by atoms with Crippen molar-refractivity contribution in [1.82, 2.24) is 5.01 Å². The maximum atomic E-state index is 11.8. The average Bonchev–Trinajstić information content (AvgIpc) is 2.31. The van der Waals surface area contributed by atoms with Gasteiger partial charge in [-0.2, -0.15) is 0 Å². The molecule has 1 amide bonds. The van der Waals surface area contributed by atoms with E-state index >= 15 is 0 Å². The van der Waals surface area contributed by atoms with E-state index in [1.54, 1.807) is 27.7 Å². The zero-order valence-electron chi connectivity index (χ0n) is 9.66. The van der Waals surface area contributed by atoms with Gasteiger partial charge in [0.15, 0.2) is 0 Å². The van der Waals surface area contributed by atoms with Gasteiger partial charge < -0.3 is 4.74 Å². The Morgan fingerprint density at radius 1 is 1.53 bits per heavy atom. The van der Waals surface area contributed by atoms with Crippen LogP contribution in [-0.4, -0.2) is 29.0 Å². The Morgan fingerprint density at radius 2 is 2.07 bits per heavy atom. The first-order valence-corrected chi connectivity index (χ1v) is 4.97. The van der Waals surface area contributed by atoms with Gasteiger partial charge >= 0.3 is 5.97 Å². The van der Waals surface area contributed by atoms with Gasteiger partial charge in [0.2, 0.25) is 0 Å². The molecule has 1 fully saturated rings. The van der Waals surface area contributed by atoms with Crippen LogP contribution in [0.4, 0.5) is 0 Å². The second-order valence-electron chi connectivity index (χ2n) is 5.08. The third kappa shape index (κ3) is 2.28. The quantitative estimate of drug-likeness (QED) is 0.297. The Hall–Kier alpha value is -1.10. The third-order valence-corrected chi connectivity index (χ3v) is 2.43. The van der Waals surface area contributed by atoms with Gasteiger partial charge in [-0.05, 0) is 34.1 Å². The Balaban J connectivity index is 2.80. The predicted octanol–water partition coefficient (Wildman–Crippen LogP) is 0.440. The van der Waals surface area contributed by atoms with Crippen molar-refractivity contribution in [3.05, 3.63) is 0 Å². The lowest BCUT2D eigenvalue weighted by atomic mass is 9.89. The van der Waals surface area contributed by atoms with Crippen LogP contribution >= 0.6 is 0 Å². The van der Waals surface area contributed by atoms with Gasteiger partial charge in [-0.1, -0.05) is 0 Å². The number of carbonyl (C=O) groups is 2. The monoisotopic (exact) mass is 214 g/mol. The van der Waals surface area contributed by atoms with E-state index in [0.29, 0.717) is 13.0 Å². The number of ether oxygens (including phenoxy) is 1. The van der Waals surface area contributed by atoms with Gasteiger partial charge in [-0.3, -0.25) is 14.6 Å². The highest BCUT2D eigenvalue weighted by atomic mass is 16.6. The lowest BCUT2D eigenvalue weighted by Gasteiger charge is -2.26. The van der Waals surface area contributed by atoms with Gasteiger partial charge in [0.1, 0.15) is 11.0 Å². The number of hydrazine groups is 1. The van der Waals surface area contributed by atoms with E-state index in [1.807, 2.05) is 0 Å². The molecular formula is C10H18N2O3. The largest absolute Gasteiger partial charge is 0.459 e. The summed E-state index contributed by atoms with van der Waals surface area (Å²) in [5.74, 6) is 4.57. The third-order valence-electron chi connectivity index (χ3n) is 2.43. The van der Waals surface area contributed by atoms with E-state index in [4.69, 9.17) is 10.6 Å². The molecule has 2 N–H and O–H groups in total. The summed E-state index contributed by atoms with van der Waals surface area (Å²) in [6.45, 7) is 7.29. The number of hydrogen-bond acceptors (Lipinski definition) is 4. The van der Waals surface area contributed by atoms with Crippen molar-refractivity contribution in [3.63, 3.8) is 0 Å². The smallest absolute Gasteiger partial charge is 0.322 e. The molecule has 1 aliphatic rings. The van der Waals surface area contributed by atoms with Gasteiger partial charge in [-0.25, -0.2) is 5.84 Å². The molecule has 5 heteroatoms. The van der Waals surface area contributed by atoms with Crippen LogP contribution in [-0.2, 0) is 14.3 Å². The molecule has 0 aromatic rings. The van der Waals surface area contributed by atoms with Gasteiger partial charge in [0.05, 0.1) is 0 Å². The van der Waals surface area contributed by atoms with E-state index in [0.717, 1.165) is 5.01 Å². The number of hydrogen-bond donors (Lipinski definition) is 1. The minimum Gasteiger partial charge on any atom is -0.459 e. The highest BCUT2D eigenvalue weighted by Gasteiger charge is 2.50. The highest BCUT2D eigenvalue weighted by Crippen LogP contribution is 2.32. The number of esters is 1. The molecule has 1 unspecified atom stereocenters. The molecule has 86 valence electrons. The van der Waals surface area contributed by atoms with Crippen molar-refractivity contribution < 1.29 is 14.3 Å². The molecule has 0 saturated carbocycles. The number of nitrogens with zero attached hydrogens (tertiary/aromatic N) is 1. The number of nitrogens with two attached hydrogens (primary N) is 1. The molecule has 5 nitrogen and oxygen atoms in total. The van der Waals surface area contributed by atoms with Crippen LogP contribution in [0.15, 0.2) is 0 Å². The zero-order chi connectivity index (χ0) is 11.9. The fraction of sp³-hybridized carbons (Fsp3) is 0.800. The summed E-state index contributed by atoms with van der Waals surface area (Å²) in [5, 5.41) is 1.07. The maximum Gasteiger partial charge on any atom is 0.322 e. The van der Waals surface area contributed by atoms with Crippen molar-refractivity contribution in [2.45, 2.75) is 39.7 Å². The first-order chi connectivity index (χ1) is 6.67.